The normalized spacial score (nSPS) is 14.5. The Kier molecular flexibility index (Phi) is 5.75. The van der Waals surface area contributed by atoms with E-state index >= 15 is 0 Å². The number of anilines is 1. The molecule has 1 aliphatic heterocycles. The molecule has 0 unspecified atom stereocenters. The third kappa shape index (κ3) is 4.85. The Bertz CT molecular complexity index is 1040. The van der Waals surface area contributed by atoms with E-state index in [0.29, 0.717) is 22.5 Å². The molecule has 0 bridgehead atoms. The highest BCUT2D eigenvalue weighted by atomic mass is 16.6. The summed E-state index contributed by atoms with van der Waals surface area (Å²) in [5.41, 5.74) is 7.65. The molecule has 0 radical (unpaired) electrons. The molecule has 8 heteroatoms. The van der Waals surface area contributed by atoms with Crippen LogP contribution in [0.5, 0.6) is 5.75 Å². The van der Waals surface area contributed by atoms with E-state index < -0.39 is 11.7 Å². The lowest BCUT2D eigenvalue weighted by Crippen LogP contribution is -2.48. The number of hydrogen-bond acceptors (Lipinski definition) is 6. The van der Waals surface area contributed by atoms with Crippen molar-refractivity contribution in [2.75, 3.05) is 18.8 Å². The summed E-state index contributed by atoms with van der Waals surface area (Å²) in [6, 6.07) is 8.43. The van der Waals surface area contributed by atoms with Crippen molar-refractivity contribution in [1.82, 2.24) is 14.8 Å². The molecule has 2 amide bonds. The first-order valence-electron chi connectivity index (χ1n) is 9.69. The van der Waals surface area contributed by atoms with Crippen LogP contribution in [-0.2, 0) is 4.74 Å². The van der Waals surface area contributed by atoms with Gasteiger partial charge in [-0.2, -0.15) is 0 Å². The van der Waals surface area contributed by atoms with Crippen LogP contribution in [0.1, 0.15) is 31.1 Å². The van der Waals surface area contributed by atoms with Crippen LogP contribution in [0.2, 0.25) is 0 Å². The monoisotopic (exact) mass is 422 g/mol. The Hall–Kier alpha value is -3.81. The summed E-state index contributed by atoms with van der Waals surface area (Å²) in [6.45, 7) is 13.5. The largest absolute Gasteiger partial charge is 0.504 e. The molecular formula is C23H26N4O4. The molecule has 31 heavy (non-hydrogen) atoms. The maximum absolute atomic E-state index is 13.0. The summed E-state index contributed by atoms with van der Waals surface area (Å²) in [4.78, 5) is 32.3. The average Bonchev–Trinajstić information content (AvgIpc) is 2.67. The minimum Gasteiger partial charge on any atom is -0.504 e. The number of ether oxygens (including phenoxy) is 1. The molecular weight excluding hydrogens is 396 g/mol. The van der Waals surface area contributed by atoms with E-state index in [4.69, 9.17) is 10.5 Å². The van der Waals surface area contributed by atoms with Crippen molar-refractivity contribution in [1.29, 1.82) is 0 Å². The minimum absolute atomic E-state index is 0.0570. The summed E-state index contributed by atoms with van der Waals surface area (Å²) in [5, 5.41) is 9.75. The van der Waals surface area contributed by atoms with Crippen LogP contribution in [0, 0.1) is 0 Å². The zero-order chi connectivity index (χ0) is 22.9. The van der Waals surface area contributed by atoms with Gasteiger partial charge in [0.1, 0.15) is 5.60 Å². The second kappa shape index (κ2) is 8.14. The number of carbonyl (C=O) groups is 2. The molecule has 3 rings (SSSR count). The van der Waals surface area contributed by atoms with Gasteiger partial charge in [0.05, 0.1) is 13.1 Å². The Morgan fingerprint density at radius 1 is 1.10 bits per heavy atom. The molecule has 0 atom stereocenters. The standard InChI is InChI=1S/C23H26N4O4/c1-14-12-26(13-15(2)27(14)22(30)31-23(3,4)5)21(29)17-8-6-16(7-9-17)18-10-19(28)20(24)25-11-18/h6-11,28H,1-2,12-13H2,3-5H3,(H2,24,25). The second-order valence-corrected chi connectivity index (χ2v) is 8.32. The number of piperazine rings is 1. The first kappa shape index (κ1) is 21.9. The first-order chi connectivity index (χ1) is 14.5. The number of nitrogens with two attached hydrogens (primary N) is 1. The lowest BCUT2D eigenvalue weighted by Gasteiger charge is -2.38. The van der Waals surface area contributed by atoms with Gasteiger partial charge < -0.3 is 20.5 Å². The minimum atomic E-state index is -0.650. The summed E-state index contributed by atoms with van der Waals surface area (Å²) in [7, 11) is 0. The van der Waals surface area contributed by atoms with E-state index in [1.165, 1.54) is 11.0 Å². The van der Waals surface area contributed by atoms with E-state index in [-0.39, 0.29) is 30.6 Å². The number of aromatic nitrogens is 1. The van der Waals surface area contributed by atoms with Crippen molar-refractivity contribution in [3.05, 3.63) is 66.6 Å². The Balaban J connectivity index is 1.72. The lowest BCUT2D eigenvalue weighted by molar-refractivity contribution is 0.0306. The Morgan fingerprint density at radius 2 is 1.68 bits per heavy atom. The van der Waals surface area contributed by atoms with E-state index in [1.54, 1.807) is 56.1 Å². The van der Waals surface area contributed by atoms with Gasteiger partial charge >= 0.3 is 6.09 Å². The van der Waals surface area contributed by atoms with Crippen molar-refractivity contribution < 1.29 is 19.4 Å². The molecule has 162 valence electrons. The van der Waals surface area contributed by atoms with Crippen LogP contribution in [0.15, 0.2) is 61.1 Å². The fraction of sp³-hybridized carbons (Fsp3) is 0.261. The lowest BCUT2D eigenvalue weighted by atomic mass is 10.0. The SMILES string of the molecule is C=C1CN(C(=O)c2ccc(-c3cnc(N)c(O)c3)cc2)CC(=C)N1C(=O)OC(C)(C)C. The number of aromatic hydroxyl groups is 1. The molecule has 3 N–H and O–H groups in total. The fourth-order valence-corrected chi connectivity index (χ4v) is 3.18. The van der Waals surface area contributed by atoms with Crippen molar-refractivity contribution in [3.8, 4) is 16.9 Å². The van der Waals surface area contributed by atoms with Crippen molar-refractivity contribution >= 4 is 17.8 Å². The van der Waals surface area contributed by atoms with Crippen LogP contribution in [0.4, 0.5) is 10.6 Å². The van der Waals surface area contributed by atoms with Crippen LogP contribution in [-0.4, -0.2) is 50.6 Å². The molecule has 1 fully saturated rings. The average molecular weight is 422 g/mol. The van der Waals surface area contributed by atoms with Crippen molar-refractivity contribution in [2.24, 2.45) is 0 Å². The highest BCUT2D eigenvalue weighted by molar-refractivity contribution is 5.95. The predicted molar refractivity (Wildman–Crippen MR) is 118 cm³/mol. The quantitative estimate of drug-likeness (QED) is 0.763. The van der Waals surface area contributed by atoms with Gasteiger partial charge in [-0.25, -0.2) is 9.78 Å². The molecule has 8 nitrogen and oxygen atoms in total. The number of hydrogen-bond donors (Lipinski definition) is 2. The van der Waals surface area contributed by atoms with Crippen molar-refractivity contribution in [3.63, 3.8) is 0 Å². The summed E-state index contributed by atoms with van der Waals surface area (Å²) in [5.74, 6) is -0.255. The van der Waals surface area contributed by atoms with Crippen LogP contribution >= 0.6 is 0 Å². The van der Waals surface area contributed by atoms with E-state index in [0.717, 1.165) is 5.56 Å². The molecule has 1 aromatic heterocycles. The zero-order valence-electron chi connectivity index (χ0n) is 17.9. The number of pyridine rings is 1. The van der Waals surface area contributed by atoms with Crippen LogP contribution in [0.3, 0.4) is 0 Å². The topological polar surface area (TPSA) is 109 Å². The molecule has 1 aromatic carbocycles. The van der Waals surface area contributed by atoms with Gasteiger partial charge in [-0.3, -0.25) is 9.69 Å². The number of benzene rings is 1. The highest BCUT2D eigenvalue weighted by Crippen LogP contribution is 2.27. The van der Waals surface area contributed by atoms with Gasteiger partial charge in [0.25, 0.3) is 5.91 Å². The van der Waals surface area contributed by atoms with E-state index in [2.05, 4.69) is 18.1 Å². The maximum Gasteiger partial charge on any atom is 0.419 e. The van der Waals surface area contributed by atoms with Gasteiger partial charge in [-0.15, -0.1) is 0 Å². The molecule has 1 saturated heterocycles. The fourth-order valence-electron chi connectivity index (χ4n) is 3.18. The van der Waals surface area contributed by atoms with Gasteiger partial charge in [-0.05, 0) is 44.5 Å². The molecule has 2 aromatic rings. The van der Waals surface area contributed by atoms with E-state index in [9.17, 15) is 14.7 Å². The second-order valence-electron chi connectivity index (χ2n) is 8.32. The van der Waals surface area contributed by atoms with Crippen LogP contribution in [0.25, 0.3) is 11.1 Å². The number of rotatable bonds is 2. The molecule has 1 aliphatic rings. The Labute approximate surface area is 181 Å². The number of amides is 2. The van der Waals surface area contributed by atoms with Crippen LogP contribution < -0.4 is 5.73 Å². The predicted octanol–water partition coefficient (Wildman–Crippen LogP) is 3.76. The van der Waals surface area contributed by atoms with E-state index in [1.807, 2.05) is 0 Å². The first-order valence-corrected chi connectivity index (χ1v) is 9.69. The third-order valence-corrected chi connectivity index (χ3v) is 4.61. The summed E-state index contributed by atoms with van der Waals surface area (Å²) < 4.78 is 5.40. The molecule has 0 spiro atoms. The van der Waals surface area contributed by atoms with Gasteiger partial charge in [0, 0.05) is 28.7 Å². The molecule has 0 aliphatic carbocycles. The number of carbonyl (C=O) groups excluding carboxylic acids is 2. The summed E-state index contributed by atoms with van der Waals surface area (Å²) in [6.07, 6.45) is 0.995. The Morgan fingerprint density at radius 3 is 2.19 bits per heavy atom. The van der Waals surface area contributed by atoms with Crippen molar-refractivity contribution in [2.45, 2.75) is 26.4 Å². The smallest absolute Gasteiger partial charge is 0.419 e. The zero-order valence-corrected chi connectivity index (χ0v) is 17.9. The van der Waals surface area contributed by atoms with Gasteiger partial charge in [0.15, 0.2) is 11.6 Å². The number of nitrogen functional groups attached to an aromatic ring is 1. The highest BCUT2D eigenvalue weighted by Gasteiger charge is 2.33. The number of nitrogens with zero attached hydrogens (tertiary/aromatic N) is 3. The molecule has 2 heterocycles. The van der Waals surface area contributed by atoms with Gasteiger partial charge in [-0.1, -0.05) is 25.3 Å². The molecule has 0 saturated carbocycles. The maximum atomic E-state index is 13.0. The summed E-state index contributed by atoms with van der Waals surface area (Å²) >= 11 is 0. The van der Waals surface area contributed by atoms with Gasteiger partial charge in [0.2, 0.25) is 0 Å². The third-order valence-electron chi connectivity index (χ3n) is 4.61.